The largest absolute Gasteiger partial charge is 0.423 e. The number of unbranched alkanes of at least 4 members (excludes halogenated alkanes) is 1. The first-order valence-corrected chi connectivity index (χ1v) is 5.47. The van der Waals surface area contributed by atoms with E-state index in [1.165, 1.54) is 12.0 Å². The van der Waals surface area contributed by atoms with Gasteiger partial charge >= 0.3 is 5.97 Å². The van der Waals surface area contributed by atoms with E-state index in [1.54, 1.807) is 0 Å². The van der Waals surface area contributed by atoms with Gasteiger partial charge in [0.1, 0.15) is 5.76 Å². The molecule has 2 aliphatic rings. The van der Waals surface area contributed by atoms with Crippen molar-refractivity contribution >= 4 is 5.97 Å². The third-order valence-corrected chi connectivity index (χ3v) is 2.83. The van der Waals surface area contributed by atoms with Crippen LogP contribution in [0.1, 0.15) is 45.4 Å². The van der Waals surface area contributed by atoms with Gasteiger partial charge in [-0.2, -0.15) is 0 Å². The Bertz CT molecular complexity index is 310. The molecule has 2 heteroatoms. The van der Waals surface area contributed by atoms with E-state index in [4.69, 9.17) is 4.74 Å². The fourth-order valence-electron chi connectivity index (χ4n) is 2.07. The molecular weight excluding hydrogens is 176 g/mol. The molecule has 0 fully saturated rings. The number of ether oxygens (including phenoxy) is 1. The maximum atomic E-state index is 11.5. The van der Waals surface area contributed by atoms with Crippen molar-refractivity contribution in [1.82, 2.24) is 0 Å². The molecule has 0 saturated carbocycles. The van der Waals surface area contributed by atoms with Crippen LogP contribution in [0, 0.1) is 0 Å². The molecule has 0 saturated heterocycles. The summed E-state index contributed by atoms with van der Waals surface area (Å²) in [6.45, 7) is 2.13. The number of carbonyl (C=O) groups excluding carboxylic acids is 1. The molecule has 0 bridgehead atoms. The summed E-state index contributed by atoms with van der Waals surface area (Å²) in [6.07, 6.45) is 8.43. The van der Waals surface area contributed by atoms with Crippen LogP contribution >= 0.6 is 0 Å². The molecule has 2 rings (SSSR count). The Morgan fingerprint density at radius 3 is 2.71 bits per heavy atom. The van der Waals surface area contributed by atoms with Gasteiger partial charge in [-0.1, -0.05) is 13.3 Å². The maximum Gasteiger partial charge on any atom is 0.339 e. The highest BCUT2D eigenvalue weighted by atomic mass is 16.5. The summed E-state index contributed by atoms with van der Waals surface area (Å²) < 4.78 is 5.26. The van der Waals surface area contributed by atoms with E-state index < -0.39 is 0 Å². The smallest absolute Gasteiger partial charge is 0.339 e. The van der Waals surface area contributed by atoms with Crippen molar-refractivity contribution in [1.29, 1.82) is 0 Å². The zero-order valence-electron chi connectivity index (χ0n) is 8.64. The topological polar surface area (TPSA) is 26.3 Å². The molecule has 0 amide bonds. The zero-order chi connectivity index (χ0) is 9.97. The van der Waals surface area contributed by atoms with Crippen molar-refractivity contribution in [3.63, 3.8) is 0 Å². The molecule has 1 heterocycles. The minimum atomic E-state index is -0.0953. The summed E-state index contributed by atoms with van der Waals surface area (Å²) in [5, 5.41) is 0. The minimum absolute atomic E-state index is 0.0953. The predicted octanol–water partition coefficient (Wildman–Crippen LogP) is 3.10. The van der Waals surface area contributed by atoms with E-state index in [-0.39, 0.29) is 5.97 Å². The van der Waals surface area contributed by atoms with E-state index >= 15 is 0 Å². The summed E-state index contributed by atoms with van der Waals surface area (Å²) in [6, 6.07) is 0. The summed E-state index contributed by atoms with van der Waals surface area (Å²) in [7, 11) is 0. The van der Waals surface area contributed by atoms with Gasteiger partial charge in [-0.05, 0) is 38.2 Å². The van der Waals surface area contributed by atoms with Crippen LogP contribution in [0.5, 0.6) is 0 Å². The molecule has 76 valence electrons. The first-order chi connectivity index (χ1) is 6.83. The molecule has 0 spiro atoms. The number of hydrogen-bond acceptors (Lipinski definition) is 2. The Hall–Kier alpha value is -1.05. The molecule has 0 N–H and O–H groups in total. The number of allylic oxidation sites excluding steroid dienone is 2. The lowest BCUT2D eigenvalue weighted by Gasteiger charge is -2.09. The second-order valence-electron chi connectivity index (χ2n) is 3.91. The summed E-state index contributed by atoms with van der Waals surface area (Å²) in [4.78, 5) is 11.5. The number of carbonyl (C=O) groups is 1. The highest BCUT2D eigenvalue weighted by molar-refractivity contribution is 5.94. The van der Waals surface area contributed by atoms with Crippen LogP contribution in [0.2, 0.25) is 0 Å². The van der Waals surface area contributed by atoms with Gasteiger partial charge in [-0.25, -0.2) is 4.79 Å². The SMILES string of the molecule is CCC/C=C1\OC(=O)C2=C1CCCC2. The van der Waals surface area contributed by atoms with Crippen molar-refractivity contribution in [3.8, 4) is 0 Å². The monoisotopic (exact) mass is 192 g/mol. The van der Waals surface area contributed by atoms with Crippen molar-refractivity contribution < 1.29 is 9.53 Å². The van der Waals surface area contributed by atoms with Gasteiger partial charge in [0.25, 0.3) is 0 Å². The molecule has 14 heavy (non-hydrogen) atoms. The molecule has 0 radical (unpaired) electrons. The Morgan fingerprint density at radius 1 is 1.29 bits per heavy atom. The second-order valence-corrected chi connectivity index (χ2v) is 3.91. The standard InChI is InChI=1S/C12H16O2/c1-2-3-8-11-9-6-4-5-7-10(9)12(13)14-11/h8H,2-7H2,1H3/b11-8-. The average molecular weight is 192 g/mol. The van der Waals surface area contributed by atoms with E-state index in [9.17, 15) is 4.79 Å². The third kappa shape index (κ3) is 1.61. The normalized spacial score (nSPS) is 24.1. The van der Waals surface area contributed by atoms with E-state index in [2.05, 4.69) is 13.0 Å². The maximum absolute atomic E-state index is 11.5. The molecule has 1 aliphatic carbocycles. The molecule has 0 atom stereocenters. The van der Waals surface area contributed by atoms with Gasteiger partial charge in [0.2, 0.25) is 0 Å². The Balaban J connectivity index is 2.23. The van der Waals surface area contributed by atoms with E-state index in [0.29, 0.717) is 0 Å². The van der Waals surface area contributed by atoms with Crippen LogP contribution in [0.25, 0.3) is 0 Å². The van der Waals surface area contributed by atoms with Crippen LogP contribution in [-0.2, 0) is 9.53 Å². The quantitative estimate of drug-likeness (QED) is 0.628. The minimum Gasteiger partial charge on any atom is -0.423 e. The van der Waals surface area contributed by atoms with Crippen molar-refractivity contribution in [2.45, 2.75) is 45.4 Å². The average Bonchev–Trinajstić information content (AvgIpc) is 2.54. The third-order valence-electron chi connectivity index (χ3n) is 2.83. The lowest BCUT2D eigenvalue weighted by molar-refractivity contribution is -0.133. The highest BCUT2D eigenvalue weighted by Crippen LogP contribution is 2.36. The summed E-state index contributed by atoms with van der Waals surface area (Å²) in [5.74, 6) is 0.758. The van der Waals surface area contributed by atoms with Crippen LogP contribution in [0.3, 0.4) is 0 Å². The van der Waals surface area contributed by atoms with E-state index in [0.717, 1.165) is 43.4 Å². The first kappa shape index (κ1) is 9.50. The summed E-state index contributed by atoms with van der Waals surface area (Å²) >= 11 is 0. The molecule has 0 aromatic carbocycles. The van der Waals surface area contributed by atoms with Gasteiger partial charge in [-0.3, -0.25) is 0 Å². The second kappa shape index (κ2) is 3.99. The van der Waals surface area contributed by atoms with Gasteiger partial charge in [-0.15, -0.1) is 0 Å². The van der Waals surface area contributed by atoms with Crippen molar-refractivity contribution in [2.24, 2.45) is 0 Å². The lowest BCUT2D eigenvalue weighted by Crippen LogP contribution is -2.01. The number of esters is 1. The zero-order valence-corrected chi connectivity index (χ0v) is 8.64. The Kier molecular flexibility index (Phi) is 2.71. The van der Waals surface area contributed by atoms with Crippen molar-refractivity contribution in [3.05, 3.63) is 23.0 Å². The number of hydrogen-bond donors (Lipinski definition) is 0. The molecular formula is C12H16O2. The molecule has 0 aromatic heterocycles. The molecule has 0 unspecified atom stereocenters. The van der Waals surface area contributed by atoms with Crippen LogP contribution in [0.15, 0.2) is 23.0 Å². The van der Waals surface area contributed by atoms with E-state index in [1.807, 2.05) is 0 Å². The first-order valence-electron chi connectivity index (χ1n) is 5.47. The fourth-order valence-corrected chi connectivity index (χ4v) is 2.07. The van der Waals surface area contributed by atoms with Gasteiger partial charge in [0.05, 0.1) is 0 Å². The van der Waals surface area contributed by atoms with Gasteiger partial charge in [0, 0.05) is 11.1 Å². The fraction of sp³-hybridized carbons (Fsp3) is 0.583. The lowest BCUT2D eigenvalue weighted by atomic mass is 9.92. The predicted molar refractivity (Wildman–Crippen MR) is 54.6 cm³/mol. The Labute approximate surface area is 84.6 Å². The van der Waals surface area contributed by atoms with Crippen molar-refractivity contribution in [2.75, 3.05) is 0 Å². The van der Waals surface area contributed by atoms with Gasteiger partial charge in [0.15, 0.2) is 0 Å². The molecule has 1 aliphatic heterocycles. The number of cyclic esters (lactones) is 1. The van der Waals surface area contributed by atoms with Gasteiger partial charge < -0.3 is 4.74 Å². The molecule has 0 aromatic rings. The van der Waals surface area contributed by atoms with Crippen LogP contribution in [0.4, 0.5) is 0 Å². The summed E-state index contributed by atoms with van der Waals surface area (Å²) in [5.41, 5.74) is 2.13. The highest BCUT2D eigenvalue weighted by Gasteiger charge is 2.30. The molecule has 2 nitrogen and oxygen atoms in total. The Morgan fingerprint density at radius 2 is 2.00 bits per heavy atom. The van der Waals surface area contributed by atoms with Crippen LogP contribution < -0.4 is 0 Å². The van der Waals surface area contributed by atoms with Crippen LogP contribution in [-0.4, -0.2) is 5.97 Å². The number of rotatable bonds is 2.